The van der Waals surface area contributed by atoms with Crippen molar-refractivity contribution < 1.29 is 9.53 Å². The van der Waals surface area contributed by atoms with Crippen LogP contribution in [0.15, 0.2) is 29.1 Å². The van der Waals surface area contributed by atoms with Gasteiger partial charge in [-0.05, 0) is 36.9 Å². The molecule has 3 heterocycles. The molecule has 0 atom stereocenters. The molecular weight excluding hydrogens is 354 g/mol. The predicted molar refractivity (Wildman–Crippen MR) is 101 cm³/mol. The first-order valence-corrected chi connectivity index (χ1v) is 9.58. The number of aromatic nitrogens is 2. The molecule has 0 bridgehead atoms. The lowest BCUT2D eigenvalue weighted by Crippen LogP contribution is -2.25. The van der Waals surface area contributed by atoms with E-state index in [4.69, 9.17) is 4.74 Å². The Morgan fingerprint density at radius 3 is 2.88 bits per heavy atom. The molecule has 0 saturated heterocycles. The van der Waals surface area contributed by atoms with Crippen LogP contribution in [0.25, 0.3) is 10.6 Å². The van der Waals surface area contributed by atoms with Crippen LogP contribution in [0.2, 0.25) is 0 Å². The summed E-state index contributed by atoms with van der Waals surface area (Å²) in [5, 5.41) is 4.98. The summed E-state index contributed by atoms with van der Waals surface area (Å²) < 4.78 is 5.34. The minimum absolute atomic E-state index is 0.0379. The van der Waals surface area contributed by atoms with E-state index >= 15 is 0 Å². The zero-order valence-corrected chi connectivity index (χ0v) is 16.0. The standard InChI is InChI=1S/C18H19N3O2S2/c1-11-7-12(2)21-18(23-3)13(11)9-19-16(22)8-15-17(20-10-25-15)14-5-4-6-24-14/h4-7,10H,8-9H2,1-3H3,(H,19,22). The van der Waals surface area contributed by atoms with Crippen LogP contribution in [0.1, 0.15) is 21.7 Å². The third-order valence-electron chi connectivity index (χ3n) is 3.81. The van der Waals surface area contributed by atoms with Gasteiger partial charge in [0.1, 0.15) is 0 Å². The summed E-state index contributed by atoms with van der Waals surface area (Å²) in [7, 11) is 1.59. The topological polar surface area (TPSA) is 64.1 Å². The van der Waals surface area contributed by atoms with Crippen molar-refractivity contribution in [2.75, 3.05) is 7.11 Å². The fourth-order valence-corrected chi connectivity index (χ4v) is 4.21. The first kappa shape index (κ1) is 17.6. The molecule has 3 aromatic heterocycles. The van der Waals surface area contributed by atoms with E-state index in [1.165, 1.54) is 11.3 Å². The van der Waals surface area contributed by atoms with Crippen LogP contribution in [0, 0.1) is 13.8 Å². The second-order valence-electron chi connectivity index (χ2n) is 5.62. The van der Waals surface area contributed by atoms with Crippen molar-refractivity contribution in [2.24, 2.45) is 0 Å². The Bertz CT molecular complexity index is 873. The molecule has 0 aliphatic carbocycles. The molecule has 7 heteroatoms. The van der Waals surface area contributed by atoms with E-state index in [0.29, 0.717) is 18.8 Å². The highest BCUT2D eigenvalue weighted by atomic mass is 32.1. The highest BCUT2D eigenvalue weighted by Crippen LogP contribution is 2.29. The molecule has 3 aromatic rings. The van der Waals surface area contributed by atoms with Gasteiger partial charge < -0.3 is 10.1 Å². The molecule has 3 rings (SSSR count). The van der Waals surface area contributed by atoms with Crippen LogP contribution in [0.3, 0.4) is 0 Å². The number of nitrogens with one attached hydrogen (secondary N) is 1. The van der Waals surface area contributed by atoms with Crippen LogP contribution < -0.4 is 10.1 Å². The van der Waals surface area contributed by atoms with Gasteiger partial charge in [0.15, 0.2) is 0 Å². The van der Waals surface area contributed by atoms with Gasteiger partial charge in [0.05, 0.1) is 29.6 Å². The van der Waals surface area contributed by atoms with Crippen molar-refractivity contribution in [1.29, 1.82) is 0 Å². The van der Waals surface area contributed by atoms with Gasteiger partial charge in [-0.15, -0.1) is 22.7 Å². The van der Waals surface area contributed by atoms with Crippen LogP contribution in [-0.2, 0) is 17.8 Å². The normalized spacial score (nSPS) is 10.7. The fraction of sp³-hybridized carbons (Fsp3) is 0.278. The fourth-order valence-electron chi connectivity index (χ4n) is 2.62. The quantitative estimate of drug-likeness (QED) is 0.715. The maximum atomic E-state index is 12.4. The van der Waals surface area contributed by atoms with Gasteiger partial charge in [-0.25, -0.2) is 9.97 Å². The molecule has 130 valence electrons. The van der Waals surface area contributed by atoms with E-state index in [2.05, 4.69) is 15.3 Å². The van der Waals surface area contributed by atoms with Crippen molar-refractivity contribution in [2.45, 2.75) is 26.8 Å². The van der Waals surface area contributed by atoms with Gasteiger partial charge in [0, 0.05) is 22.7 Å². The van der Waals surface area contributed by atoms with Gasteiger partial charge in [-0.2, -0.15) is 0 Å². The number of amides is 1. The monoisotopic (exact) mass is 373 g/mol. The molecule has 1 N–H and O–H groups in total. The predicted octanol–water partition coefficient (Wildman–Crippen LogP) is 3.75. The third-order valence-corrected chi connectivity index (χ3v) is 5.52. The van der Waals surface area contributed by atoms with Crippen molar-refractivity contribution >= 4 is 28.6 Å². The van der Waals surface area contributed by atoms with Crippen LogP contribution in [0.4, 0.5) is 0 Å². The molecule has 0 aliphatic heterocycles. The largest absolute Gasteiger partial charge is 0.481 e. The maximum absolute atomic E-state index is 12.4. The Hall–Kier alpha value is -2.25. The molecular formula is C18H19N3O2S2. The third kappa shape index (κ3) is 4.05. The van der Waals surface area contributed by atoms with E-state index in [0.717, 1.165) is 32.3 Å². The van der Waals surface area contributed by atoms with Crippen LogP contribution in [0.5, 0.6) is 5.88 Å². The molecule has 0 fully saturated rings. The average molecular weight is 374 g/mol. The van der Waals surface area contributed by atoms with E-state index in [1.807, 2.05) is 37.4 Å². The molecule has 0 aliphatic rings. The number of methoxy groups -OCH3 is 1. The summed E-state index contributed by atoms with van der Waals surface area (Å²) in [5.41, 5.74) is 5.55. The van der Waals surface area contributed by atoms with E-state index in [-0.39, 0.29) is 5.91 Å². The Kier molecular flexibility index (Phi) is 5.45. The minimum Gasteiger partial charge on any atom is -0.481 e. The molecule has 1 amide bonds. The number of carbonyl (C=O) groups is 1. The van der Waals surface area contributed by atoms with Gasteiger partial charge >= 0.3 is 0 Å². The Labute approximate surface area is 154 Å². The van der Waals surface area contributed by atoms with Crippen molar-refractivity contribution in [3.05, 3.63) is 50.8 Å². The number of aryl methyl sites for hydroxylation is 2. The molecule has 25 heavy (non-hydrogen) atoms. The summed E-state index contributed by atoms with van der Waals surface area (Å²) in [6.07, 6.45) is 0.318. The van der Waals surface area contributed by atoms with Gasteiger partial charge in [0.25, 0.3) is 0 Å². The Morgan fingerprint density at radius 2 is 2.16 bits per heavy atom. The average Bonchev–Trinajstić information content (AvgIpc) is 3.24. The van der Waals surface area contributed by atoms with Crippen molar-refractivity contribution in [1.82, 2.24) is 15.3 Å². The molecule has 0 aromatic carbocycles. The molecule has 0 saturated carbocycles. The molecule has 5 nitrogen and oxygen atoms in total. The SMILES string of the molecule is COc1nc(C)cc(C)c1CNC(=O)Cc1scnc1-c1cccs1. The zero-order valence-electron chi connectivity index (χ0n) is 14.3. The number of rotatable bonds is 6. The number of thiazole rings is 1. The van der Waals surface area contributed by atoms with Gasteiger partial charge in [0.2, 0.25) is 11.8 Å². The van der Waals surface area contributed by atoms with Crippen LogP contribution in [-0.4, -0.2) is 23.0 Å². The first-order valence-electron chi connectivity index (χ1n) is 7.82. The number of carbonyl (C=O) groups excluding carboxylic acids is 1. The summed E-state index contributed by atoms with van der Waals surface area (Å²) in [6, 6.07) is 6.00. The second-order valence-corrected chi connectivity index (χ2v) is 7.51. The Balaban J connectivity index is 1.68. The van der Waals surface area contributed by atoms with E-state index in [9.17, 15) is 4.79 Å². The lowest BCUT2D eigenvalue weighted by atomic mass is 10.1. The molecule has 0 unspecified atom stereocenters. The number of ether oxygens (including phenoxy) is 1. The number of nitrogens with zero attached hydrogens (tertiary/aromatic N) is 2. The van der Waals surface area contributed by atoms with E-state index in [1.54, 1.807) is 24.0 Å². The Morgan fingerprint density at radius 1 is 1.32 bits per heavy atom. The number of hydrogen-bond acceptors (Lipinski definition) is 6. The van der Waals surface area contributed by atoms with Crippen LogP contribution >= 0.6 is 22.7 Å². The summed E-state index contributed by atoms with van der Waals surface area (Å²) in [5.74, 6) is 0.527. The van der Waals surface area contributed by atoms with E-state index < -0.39 is 0 Å². The zero-order chi connectivity index (χ0) is 17.8. The lowest BCUT2D eigenvalue weighted by Gasteiger charge is -2.12. The molecule has 0 radical (unpaired) electrons. The first-order chi connectivity index (χ1) is 12.1. The van der Waals surface area contributed by atoms with Gasteiger partial charge in [-0.3, -0.25) is 4.79 Å². The highest BCUT2D eigenvalue weighted by Gasteiger charge is 2.15. The summed E-state index contributed by atoms with van der Waals surface area (Å²) in [6.45, 7) is 4.32. The number of hydrogen-bond donors (Lipinski definition) is 1. The summed E-state index contributed by atoms with van der Waals surface area (Å²) >= 11 is 3.14. The van der Waals surface area contributed by atoms with Crippen molar-refractivity contribution in [3.8, 4) is 16.5 Å². The van der Waals surface area contributed by atoms with Gasteiger partial charge in [-0.1, -0.05) is 6.07 Å². The summed E-state index contributed by atoms with van der Waals surface area (Å²) in [4.78, 5) is 23.2. The highest BCUT2D eigenvalue weighted by molar-refractivity contribution is 7.14. The smallest absolute Gasteiger partial charge is 0.225 e. The maximum Gasteiger partial charge on any atom is 0.225 e. The minimum atomic E-state index is -0.0379. The number of thiophene rings is 1. The lowest BCUT2D eigenvalue weighted by molar-refractivity contribution is -0.120. The number of pyridine rings is 1. The van der Waals surface area contributed by atoms with Crippen molar-refractivity contribution in [3.63, 3.8) is 0 Å². The molecule has 0 spiro atoms. The second kappa shape index (κ2) is 7.76.